The number of rotatable bonds is 17. The van der Waals surface area contributed by atoms with Crippen LogP contribution >= 0.6 is 0 Å². The van der Waals surface area contributed by atoms with E-state index in [1.807, 2.05) is 0 Å². The summed E-state index contributed by atoms with van der Waals surface area (Å²) >= 11 is 0. The van der Waals surface area contributed by atoms with Crippen LogP contribution in [0.25, 0.3) is 0 Å². The van der Waals surface area contributed by atoms with E-state index in [0.29, 0.717) is 12.8 Å². The van der Waals surface area contributed by atoms with Crippen molar-refractivity contribution in [2.75, 3.05) is 85.8 Å². The van der Waals surface area contributed by atoms with Crippen LogP contribution in [0.5, 0.6) is 0 Å². The summed E-state index contributed by atoms with van der Waals surface area (Å²) in [6, 6.07) is 20.0. The number of hydrogen-bond acceptors (Lipinski definition) is 7. The van der Waals surface area contributed by atoms with Crippen LogP contribution in [0.3, 0.4) is 0 Å². The van der Waals surface area contributed by atoms with Crippen LogP contribution in [0.1, 0.15) is 97.2 Å². The van der Waals surface area contributed by atoms with Crippen LogP contribution in [0, 0.1) is 6.92 Å². The molecule has 2 heterocycles. The van der Waals surface area contributed by atoms with E-state index in [0.717, 1.165) is 101 Å². The van der Waals surface area contributed by atoms with Crippen molar-refractivity contribution in [1.29, 1.82) is 0 Å². The van der Waals surface area contributed by atoms with E-state index in [4.69, 9.17) is 6.11 Å². The van der Waals surface area contributed by atoms with Gasteiger partial charge in [-0.05, 0) is 105 Å². The van der Waals surface area contributed by atoms with E-state index in [9.17, 15) is 17.8 Å². The Hall–Kier alpha value is -4.33. The third-order valence-electron chi connectivity index (χ3n) is 13.1. The molecular formula is C54H77BrN5O5S+. The predicted molar refractivity (Wildman–Crippen MR) is 267 cm³/mol. The first-order valence-corrected chi connectivity index (χ1v) is 24.3. The number of quaternary nitrogens is 2. The topological polar surface area (TPSA) is 102 Å². The summed E-state index contributed by atoms with van der Waals surface area (Å²) in [5, 5.41) is 3.86. The maximum Gasteiger partial charge on any atom is 0.305 e. The molecule has 0 fully saturated rings. The van der Waals surface area contributed by atoms with Gasteiger partial charge in [-0.25, -0.2) is 8.42 Å². The van der Waals surface area contributed by atoms with Gasteiger partial charge in [-0.2, -0.15) is 4.58 Å². The third kappa shape index (κ3) is 12.8. The second-order valence-electron chi connectivity index (χ2n) is 21.1. The van der Waals surface area contributed by atoms with Crippen molar-refractivity contribution in [3.63, 3.8) is 0 Å². The monoisotopic (exact) mass is 987 g/mol. The second kappa shape index (κ2) is 21.3. The lowest BCUT2D eigenvalue weighted by molar-refractivity contribution is -0.871. The fourth-order valence-electron chi connectivity index (χ4n) is 9.51. The summed E-state index contributed by atoms with van der Waals surface area (Å²) in [5.41, 5.74) is 12.8. The molecule has 0 radical (unpaired) electrons. The molecule has 0 spiro atoms. The Morgan fingerprint density at radius 1 is 0.894 bits per heavy atom. The van der Waals surface area contributed by atoms with Crippen LogP contribution in [-0.2, 0) is 36.9 Å². The van der Waals surface area contributed by atoms with Crippen molar-refractivity contribution in [3.05, 3.63) is 130 Å². The number of carbonyl (C=O) groups excluding carboxylic acids is 1. The molecule has 3 aromatic rings. The Balaban J connectivity index is 0.00000322. The number of fused-ring (bicyclic) bond motifs is 2. The van der Waals surface area contributed by atoms with E-state index >= 15 is 0 Å². The molecule has 0 aromatic heterocycles. The molecule has 2 aliphatic heterocycles. The lowest BCUT2D eigenvalue weighted by Crippen LogP contribution is -3.00. The van der Waals surface area contributed by atoms with Crippen molar-refractivity contribution in [2.24, 2.45) is 0 Å². The molecule has 66 heavy (non-hydrogen) atoms. The van der Waals surface area contributed by atoms with Crippen LogP contribution in [-0.4, -0.2) is 114 Å². The molecule has 3 aromatic carbocycles. The highest BCUT2D eigenvalue weighted by molar-refractivity contribution is 7.85. The number of anilines is 2. The quantitative estimate of drug-likeness (QED) is 0.0679. The number of allylic oxidation sites excluding steroid dienone is 7. The van der Waals surface area contributed by atoms with Gasteiger partial charge in [0.15, 0.2) is 12.3 Å². The van der Waals surface area contributed by atoms with Crippen LogP contribution < -0.4 is 27.2 Å². The van der Waals surface area contributed by atoms with Gasteiger partial charge >= 0.3 is 5.97 Å². The molecule has 360 valence electrons. The van der Waals surface area contributed by atoms with Gasteiger partial charge in [0.2, 0.25) is 5.69 Å². The predicted octanol–water partition coefficient (Wildman–Crippen LogP) is 6.93. The van der Waals surface area contributed by atoms with Gasteiger partial charge in [0.05, 0.1) is 79.2 Å². The minimum Gasteiger partial charge on any atom is -1.00 e. The van der Waals surface area contributed by atoms with Crippen LogP contribution in [0.4, 0.5) is 17.1 Å². The number of nitrogens with one attached hydrogen (secondary N) is 1. The fourth-order valence-corrected chi connectivity index (χ4v) is 10.0. The van der Waals surface area contributed by atoms with E-state index < -0.39 is 15.5 Å². The van der Waals surface area contributed by atoms with Crippen LogP contribution in [0.2, 0.25) is 0 Å². The zero-order chi connectivity index (χ0) is 48.8. The molecule has 0 saturated heterocycles. The molecular weight excluding hydrogens is 911 g/mol. The summed E-state index contributed by atoms with van der Waals surface area (Å²) in [6.45, 7) is 14.8. The average Bonchev–Trinajstić information content (AvgIpc) is 3.58. The maximum absolute atomic E-state index is 12.2. The third-order valence-corrected chi connectivity index (χ3v) is 13.9. The van der Waals surface area contributed by atoms with Gasteiger partial charge in [0.1, 0.15) is 10.1 Å². The van der Waals surface area contributed by atoms with Crippen molar-refractivity contribution >= 4 is 38.9 Å². The molecule has 6 rings (SSSR count). The molecule has 0 atom stereocenters. The highest BCUT2D eigenvalue weighted by Crippen LogP contribution is 2.48. The van der Waals surface area contributed by atoms with E-state index in [1.54, 1.807) is 12.1 Å². The molecule has 1 aliphatic carbocycles. The minimum atomic E-state index is -4.63. The summed E-state index contributed by atoms with van der Waals surface area (Å²) in [7, 11) is 11.4. The van der Waals surface area contributed by atoms with Gasteiger partial charge in [0.25, 0.3) is 0 Å². The van der Waals surface area contributed by atoms with Crippen molar-refractivity contribution in [1.82, 2.24) is 0 Å². The van der Waals surface area contributed by atoms with Gasteiger partial charge < -0.3 is 45.5 Å². The van der Waals surface area contributed by atoms with Crippen molar-refractivity contribution in [3.8, 4) is 0 Å². The fraction of sp³-hybridized carbons (Fsp3) is 0.481. The van der Waals surface area contributed by atoms with Gasteiger partial charge in [-0.15, -0.1) is 0 Å². The molecule has 0 unspecified atom stereocenters. The molecule has 0 amide bonds. The number of benzene rings is 3. The van der Waals surface area contributed by atoms with Crippen LogP contribution in [0.15, 0.2) is 112 Å². The highest BCUT2D eigenvalue weighted by Gasteiger charge is 2.45. The van der Waals surface area contributed by atoms with Gasteiger partial charge in [-0.3, -0.25) is 4.79 Å². The molecule has 1 N–H and O–H groups in total. The van der Waals surface area contributed by atoms with E-state index in [1.165, 1.54) is 54.2 Å². The molecule has 0 saturated carbocycles. The maximum atomic E-state index is 12.2. The smallest absolute Gasteiger partial charge is 0.305 e. The SMILES string of the molecule is COC(=O)CCc1ccc(NC2=C(C=CC3=[N+](CCC[N+](C)(C)C)c4ccc(S(=O)(=O)[O-])cc4C3(C)C)CCCC2=CC=C2N(CCC[N+](C)(C)C)c3ccc(C)cc3C2(C)C)cc1.[2H]C.[Br-]. The lowest BCUT2D eigenvalue weighted by Gasteiger charge is -2.29. The van der Waals surface area contributed by atoms with Gasteiger partial charge in [-0.1, -0.05) is 63.2 Å². The molecule has 10 nitrogen and oxygen atoms in total. The highest BCUT2D eigenvalue weighted by atomic mass is 79.9. The number of hydrogen-bond donors (Lipinski definition) is 1. The summed E-state index contributed by atoms with van der Waals surface area (Å²) in [4.78, 5) is 14.2. The van der Waals surface area contributed by atoms with E-state index in [2.05, 4.69) is 158 Å². The molecule has 3 aliphatic rings. The zero-order valence-electron chi connectivity index (χ0n) is 43.0. The van der Waals surface area contributed by atoms with Crippen molar-refractivity contribution in [2.45, 2.75) is 103 Å². The first-order valence-electron chi connectivity index (χ1n) is 23.9. The standard InChI is InChI=1S/C53H72N5O5S.CH4.BrH/c1-38-18-27-46-44(36-38)52(2,3)48(55(46)32-14-34-57(6,7)8)29-22-40-16-13-17-41(51(40)54-42-24-19-39(20-25-42)21-31-50(59)63-12)23-30-49-53(4,5)45-37-43(64(60,61)62)26-28-47(45)56(49)33-15-35-58(9,10)11;;/h18-20,22-30,36-37H,13-17,21,31-35H2,1-12H3;1H4;1H/q+1;;/i;1D;. The first-order chi connectivity index (χ1) is 30.9. The Labute approximate surface area is 409 Å². The Morgan fingerprint density at radius 2 is 1.56 bits per heavy atom. The number of ether oxygens (including phenoxy) is 1. The number of esters is 1. The number of aryl methyl sites for hydroxylation is 2. The summed E-state index contributed by atoms with van der Waals surface area (Å²) < 4.78 is 51.4. The Kier molecular flexibility index (Phi) is 17.0. The van der Waals surface area contributed by atoms with Crippen molar-refractivity contribution < 1.29 is 54.4 Å². The second-order valence-corrected chi connectivity index (χ2v) is 22.4. The summed E-state index contributed by atoms with van der Waals surface area (Å²) in [5.74, 6) is -0.222. The summed E-state index contributed by atoms with van der Waals surface area (Å²) in [6.07, 6.45) is 14.9. The largest absolute Gasteiger partial charge is 1.00 e. The Morgan fingerprint density at radius 3 is 2.20 bits per heavy atom. The Bertz CT molecular complexity index is 2530. The number of methoxy groups -OCH3 is 1. The normalized spacial score (nSPS) is 18.2. The minimum absolute atomic E-state index is 0. The zero-order valence-corrected chi connectivity index (χ0v) is 44.4. The lowest BCUT2D eigenvalue weighted by atomic mass is 9.81. The van der Waals surface area contributed by atoms with Gasteiger partial charge in [0, 0.05) is 66.6 Å². The average molecular weight is 989 g/mol. The molecule has 0 bridgehead atoms. The molecule has 12 heteroatoms. The first kappa shape index (κ1) is 52.6. The number of nitrogens with zero attached hydrogens (tertiary/aromatic N) is 4. The van der Waals surface area contributed by atoms with E-state index in [-0.39, 0.29) is 33.3 Å². The number of halogens is 1. The number of carbonyl (C=O) groups is 1.